The summed E-state index contributed by atoms with van der Waals surface area (Å²) in [4.78, 5) is 45.4. The molecule has 4 unspecified atom stereocenters. The molecule has 0 aromatic heterocycles. The van der Waals surface area contributed by atoms with E-state index in [1.165, 1.54) is 0 Å². The number of rotatable bonds is 30. The second-order valence-corrected chi connectivity index (χ2v) is 15.8. The first-order chi connectivity index (χ1) is 34.3. The molecule has 10 N–H and O–H groups in total. The van der Waals surface area contributed by atoms with Crippen molar-refractivity contribution in [1.82, 2.24) is 0 Å². The number of hydrogen-bond acceptors (Lipinski definition) is 13. The number of alkyl halides is 5. The molecule has 0 aliphatic heterocycles. The SMILES string of the molecule is C#CCOCC(COc1ccc(C(=C)c2ccc(OCC(CCl)OC(=O)C[NH3+])cc2)cc1)OC(=O)CCl.C=C(c1ccc(OCC(CF)OC(=O)CCl)cc1)c1ccc(OCC(CCl)OC(=O)C[NH3+])cc1.[Cl-].[Cl-].[NH2-].[NH2-]. The lowest BCUT2D eigenvalue weighted by Crippen LogP contribution is -3.00. The summed E-state index contributed by atoms with van der Waals surface area (Å²) in [5, 5.41) is 0. The molecule has 4 aromatic carbocycles. The average Bonchev–Trinajstić information content (AvgIpc) is 3.41. The summed E-state index contributed by atoms with van der Waals surface area (Å²) in [6.45, 7) is 7.91. The molecule has 0 radical (unpaired) electrons. The Bertz CT molecular complexity index is 2260. The van der Waals surface area contributed by atoms with Gasteiger partial charge in [0.25, 0.3) is 0 Å². The van der Waals surface area contributed by atoms with Crippen LogP contribution in [0, 0.1) is 12.3 Å². The highest BCUT2D eigenvalue weighted by atomic mass is 35.5. The van der Waals surface area contributed by atoms with Crippen LogP contribution in [0.2, 0.25) is 0 Å². The first-order valence-corrected chi connectivity index (χ1v) is 23.9. The summed E-state index contributed by atoms with van der Waals surface area (Å²) in [7, 11) is 0. The third-order valence-electron chi connectivity index (χ3n) is 9.38. The normalized spacial score (nSPS) is 11.5. The molecule has 17 nitrogen and oxygen atoms in total. The molecule has 0 fully saturated rings. The van der Waals surface area contributed by atoms with Gasteiger partial charge in [-0.1, -0.05) is 67.6 Å². The van der Waals surface area contributed by atoms with Crippen LogP contribution in [0.15, 0.2) is 110 Å². The molecule has 0 bridgehead atoms. The number of benzene rings is 4. The van der Waals surface area contributed by atoms with E-state index in [2.05, 4.69) is 30.5 Å². The van der Waals surface area contributed by atoms with Crippen LogP contribution in [0.5, 0.6) is 23.0 Å². The van der Waals surface area contributed by atoms with Crippen LogP contribution in [0.1, 0.15) is 22.3 Å². The van der Waals surface area contributed by atoms with Crippen LogP contribution in [-0.2, 0) is 42.9 Å². The molecular formula is C51H61Cl6FN4O13-2. The van der Waals surface area contributed by atoms with Gasteiger partial charge in [0.05, 0.1) is 18.4 Å². The molecular weight excluding hydrogens is 1110 g/mol. The van der Waals surface area contributed by atoms with E-state index in [0.29, 0.717) is 23.0 Å². The number of carbonyl (C=O) groups is 4. The number of nitrogens with two attached hydrogens (primary N) is 2. The van der Waals surface area contributed by atoms with E-state index in [1.807, 2.05) is 48.5 Å². The summed E-state index contributed by atoms with van der Waals surface area (Å²) in [6.07, 6.45) is 2.40. The maximum Gasteiger partial charge on any atom is 0.361 e. The van der Waals surface area contributed by atoms with Crippen molar-refractivity contribution >= 4 is 81.4 Å². The summed E-state index contributed by atoms with van der Waals surface area (Å²) in [6, 6.07) is 29.1. The Kier molecular flexibility index (Phi) is 38.9. The Morgan fingerprint density at radius 2 is 0.773 bits per heavy atom. The number of carbonyl (C=O) groups excluding carboxylic acids is 4. The van der Waals surface area contributed by atoms with E-state index in [-0.39, 0.29) is 113 Å². The van der Waals surface area contributed by atoms with E-state index in [1.54, 1.807) is 48.5 Å². The van der Waals surface area contributed by atoms with Gasteiger partial charge in [-0.3, -0.25) is 9.59 Å². The molecule has 0 saturated carbocycles. The van der Waals surface area contributed by atoms with Gasteiger partial charge < -0.3 is 91.2 Å². The van der Waals surface area contributed by atoms with Crippen LogP contribution in [0.25, 0.3) is 23.4 Å². The van der Waals surface area contributed by atoms with Gasteiger partial charge >= 0.3 is 23.9 Å². The first kappa shape index (κ1) is 71.5. The Morgan fingerprint density at radius 1 is 0.493 bits per heavy atom. The van der Waals surface area contributed by atoms with Crippen LogP contribution in [0.3, 0.4) is 0 Å². The fourth-order valence-electron chi connectivity index (χ4n) is 5.72. The maximum atomic E-state index is 13.0. The van der Waals surface area contributed by atoms with Crippen molar-refractivity contribution < 1.29 is 102 Å². The quantitative estimate of drug-likeness (QED) is 0.0244. The molecule has 414 valence electrons. The molecule has 75 heavy (non-hydrogen) atoms. The largest absolute Gasteiger partial charge is 1.00 e. The van der Waals surface area contributed by atoms with Gasteiger partial charge in [0.1, 0.15) is 86.7 Å². The highest BCUT2D eigenvalue weighted by Gasteiger charge is 2.19. The smallest absolute Gasteiger partial charge is 0.361 e. The van der Waals surface area contributed by atoms with Crippen LogP contribution in [0.4, 0.5) is 4.39 Å². The minimum absolute atomic E-state index is 0. The van der Waals surface area contributed by atoms with E-state index in [4.69, 9.17) is 95.5 Å². The van der Waals surface area contributed by atoms with Crippen LogP contribution >= 0.6 is 46.4 Å². The van der Waals surface area contributed by atoms with Crippen LogP contribution < -0.4 is 55.2 Å². The Morgan fingerprint density at radius 3 is 1.04 bits per heavy atom. The molecule has 0 spiro atoms. The summed E-state index contributed by atoms with van der Waals surface area (Å²) >= 11 is 22.5. The number of ether oxygens (including phenoxy) is 9. The van der Waals surface area contributed by atoms with Crippen molar-refractivity contribution in [3.05, 3.63) is 145 Å². The molecule has 0 aliphatic rings. The molecule has 0 saturated heterocycles. The first-order valence-electron chi connectivity index (χ1n) is 21.8. The van der Waals surface area contributed by atoms with Crippen molar-refractivity contribution in [2.24, 2.45) is 0 Å². The second-order valence-electron chi connectivity index (χ2n) is 14.7. The van der Waals surface area contributed by atoms with Gasteiger partial charge in [-0.15, -0.1) is 52.8 Å². The van der Waals surface area contributed by atoms with Gasteiger partial charge in [-0.2, -0.15) is 0 Å². The van der Waals surface area contributed by atoms with Crippen molar-refractivity contribution in [3.63, 3.8) is 0 Å². The highest BCUT2D eigenvalue weighted by molar-refractivity contribution is 6.26. The van der Waals surface area contributed by atoms with Gasteiger partial charge in [-0.25, -0.2) is 14.0 Å². The minimum Gasteiger partial charge on any atom is -1.00 e. The zero-order valence-electron chi connectivity index (χ0n) is 40.8. The Labute approximate surface area is 468 Å². The molecule has 4 rings (SSSR count). The van der Waals surface area contributed by atoms with Gasteiger partial charge in [-0.05, 0) is 81.9 Å². The lowest BCUT2D eigenvalue weighted by atomic mass is 9.99. The lowest BCUT2D eigenvalue weighted by Gasteiger charge is -2.18. The predicted octanol–water partition coefficient (Wildman–Crippen LogP) is 1.16. The van der Waals surface area contributed by atoms with E-state index >= 15 is 0 Å². The molecule has 0 aliphatic carbocycles. The number of halogens is 7. The number of quaternary nitrogens is 2. The number of hydrogen-bond donors (Lipinski definition) is 2. The fourth-order valence-corrected chi connectivity index (χ4v) is 6.15. The lowest BCUT2D eigenvalue weighted by molar-refractivity contribution is -0.360. The molecule has 4 aromatic rings. The van der Waals surface area contributed by atoms with Crippen molar-refractivity contribution in [3.8, 4) is 35.3 Å². The zero-order chi connectivity index (χ0) is 52.0. The second kappa shape index (κ2) is 40.7. The van der Waals surface area contributed by atoms with Crippen molar-refractivity contribution in [1.29, 1.82) is 0 Å². The summed E-state index contributed by atoms with van der Waals surface area (Å²) in [5.74, 6) is 2.12. The molecule has 24 heteroatoms. The monoisotopic (exact) mass is 1170 g/mol. The fraction of sp³-hybridized carbons (Fsp3) is 0.333. The van der Waals surface area contributed by atoms with E-state index in [0.717, 1.165) is 33.4 Å². The van der Waals surface area contributed by atoms with E-state index < -0.39 is 55.0 Å². The number of esters is 4. The highest BCUT2D eigenvalue weighted by Crippen LogP contribution is 2.27. The van der Waals surface area contributed by atoms with Gasteiger partial charge in [0.2, 0.25) is 0 Å². The standard InChI is InChI=1S/C27H29Cl2NO7.C24H26Cl2FNO6.2ClH.2H2N/c1-3-12-33-16-25(37-26(31)14-29)18-35-23-10-6-21(7-11-23)19(2)20-4-8-22(9-5-20)34-17-24(13-28)36-27(32)15-30;1-16(17-2-6-19(7-3-17)31-14-21(10-25)33-24(30)13-28)18-4-8-20(9-5-18)32-15-22(12-27)34-23(29)11-26;;;;/h1,4-11,24-25H,2,12-18,30H2;2-9,21-22H,1,10-15,28H2;2*1H;2*1H2/q;;;;2*-1. The van der Waals surface area contributed by atoms with Crippen molar-refractivity contribution in [2.45, 2.75) is 24.4 Å². The van der Waals surface area contributed by atoms with E-state index in [9.17, 15) is 23.6 Å². The topological polar surface area (TPSA) is 274 Å². The number of terminal acetylenes is 1. The minimum atomic E-state index is -1.02. The summed E-state index contributed by atoms with van der Waals surface area (Å²) in [5.41, 5.74) is 12.1. The Hall–Kier alpha value is -5.53. The van der Waals surface area contributed by atoms with Crippen molar-refractivity contribution in [2.75, 3.05) is 82.9 Å². The van der Waals surface area contributed by atoms with Gasteiger partial charge in [0.15, 0.2) is 25.3 Å². The van der Waals surface area contributed by atoms with Gasteiger partial charge in [0, 0.05) is 0 Å². The maximum absolute atomic E-state index is 13.0. The molecule has 0 heterocycles. The Balaban J connectivity index is 0. The molecule has 0 amide bonds. The predicted molar refractivity (Wildman–Crippen MR) is 278 cm³/mol. The summed E-state index contributed by atoms with van der Waals surface area (Å²) < 4.78 is 61.1. The third-order valence-corrected chi connectivity index (χ3v) is 10.5. The van der Waals surface area contributed by atoms with Crippen LogP contribution in [-0.4, -0.2) is 131 Å². The zero-order valence-corrected chi connectivity index (χ0v) is 45.3. The average molecular weight is 1170 g/mol. The third kappa shape index (κ3) is 27.2. The molecule has 4 atom stereocenters.